The van der Waals surface area contributed by atoms with Gasteiger partial charge in [0.05, 0.1) is 22.4 Å². The number of aryl methyl sites for hydroxylation is 1. The van der Waals surface area contributed by atoms with Crippen LogP contribution in [-0.4, -0.2) is 9.78 Å². The third-order valence-corrected chi connectivity index (χ3v) is 3.73. The number of rotatable bonds is 4. The predicted molar refractivity (Wildman–Crippen MR) is 80.6 cm³/mol. The summed E-state index contributed by atoms with van der Waals surface area (Å²) in [5.74, 6) is 5.43. The van der Waals surface area contributed by atoms with E-state index in [1.165, 1.54) is 12.1 Å². The lowest BCUT2D eigenvalue weighted by Crippen LogP contribution is -2.31. The maximum absolute atomic E-state index is 13.6. The molecule has 1 heterocycles. The summed E-state index contributed by atoms with van der Waals surface area (Å²) in [5, 5.41) is 4.33. The Morgan fingerprint density at radius 3 is 2.60 bits per heavy atom. The zero-order valence-electron chi connectivity index (χ0n) is 11.7. The number of benzene rings is 1. The van der Waals surface area contributed by atoms with E-state index in [0.29, 0.717) is 0 Å². The minimum Gasteiger partial charge on any atom is -0.271 e. The molecule has 3 N–H and O–H groups in total. The van der Waals surface area contributed by atoms with Crippen LogP contribution in [0, 0.1) is 12.7 Å². The quantitative estimate of drug-likeness (QED) is 0.663. The van der Waals surface area contributed by atoms with Crippen LogP contribution in [-0.2, 0) is 0 Å². The zero-order valence-corrected chi connectivity index (χ0v) is 13.3. The second kappa shape index (κ2) is 6.03. The number of hydrazine groups is 1. The number of nitrogens with two attached hydrogens (primary N) is 1. The zero-order chi connectivity index (χ0) is 14.9. The van der Waals surface area contributed by atoms with Crippen molar-refractivity contribution in [2.75, 3.05) is 0 Å². The maximum Gasteiger partial charge on any atom is 0.123 e. The van der Waals surface area contributed by atoms with Crippen molar-refractivity contribution in [2.24, 2.45) is 5.84 Å². The highest BCUT2D eigenvalue weighted by atomic mass is 79.9. The Kier molecular flexibility index (Phi) is 4.57. The van der Waals surface area contributed by atoms with Gasteiger partial charge in [-0.05, 0) is 60.0 Å². The molecule has 0 radical (unpaired) electrons. The van der Waals surface area contributed by atoms with E-state index >= 15 is 0 Å². The fraction of sp³-hybridized carbons (Fsp3) is 0.357. The molecule has 1 atom stereocenters. The summed E-state index contributed by atoms with van der Waals surface area (Å²) in [4.78, 5) is 0. The lowest BCUT2D eigenvalue weighted by molar-refractivity contribution is 0.474. The van der Waals surface area contributed by atoms with Gasteiger partial charge in [-0.1, -0.05) is 6.07 Å². The highest BCUT2D eigenvalue weighted by Gasteiger charge is 2.22. The van der Waals surface area contributed by atoms with E-state index in [0.717, 1.165) is 21.3 Å². The lowest BCUT2D eigenvalue weighted by Gasteiger charge is -2.21. The molecule has 1 aromatic heterocycles. The number of halogens is 2. The van der Waals surface area contributed by atoms with Crippen molar-refractivity contribution in [3.05, 3.63) is 51.5 Å². The van der Waals surface area contributed by atoms with E-state index in [4.69, 9.17) is 5.84 Å². The van der Waals surface area contributed by atoms with Gasteiger partial charge in [0.1, 0.15) is 5.82 Å². The first kappa shape index (κ1) is 15.2. The van der Waals surface area contributed by atoms with Crippen molar-refractivity contribution in [1.29, 1.82) is 0 Å². The number of hydrogen-bond acceptors (Lipinski definition) is 3. The molecular formula is C14H18BrFN4. The number of nitrogens with one attached hydrogen (secondary N) is 1. The largest absolute Gasteiger partial charge is 0.271 e. The normalized spacial score (nSPS) is 12.9. The molecule has 6 heteroatoms. The van der Waals surface area contributed by atoms with Crippen molar-refractivity contribution < 1.29 is 4.39 Å². The van der Waals surface area contributed by atoms with Gasteiger partial charge < -0.3 is 0 Å². The van der Waals surface area contributed by atoms with E-state index in [9.17, 15) is 4.39 Å². The van der Waals surface area contributed by atoms with Gasteiger partial charge >= 0.3 is 0 Å². The molecule has 2 rings (SSSR count). The third kappa shape index (κ3) is 2.92. The van der Waals surface area contributed by atoms with Gasteiger partial charge in [0, 0.05) is 6.04 Å². The second-order valence-corrected chi connectivity index (χ2v) is 5.93. The van der Waals surface area contributed by atoms with Crippen molar-refractivity contribution in [2.45, 2.75) is 32.9 Å². The van der Waals surface area contributed by atoms with Crippen LogP contribution in [0.15, 0.2) is 28.9 Å². The second-order valence-electron chi connectivity index (χ2n) is 5.08. The Morgan fingerprint density at radius 2 is 2.05 bits per heavy atom. The number of hydrogen-bond donors (Lipinski definition) is 2. The highest BCUT2D eigenvalue weighted by Crippen LogP contribution is 2.30. The standard InChI is InChI=1S/C14H18BrFN4/c1-8(2)20-14(12(15)7-18-20)13(19-17)10-4-9(3)5-11(16)6-10/h4-8,13,19H,17H2,1-3H3. The van der Waals surface area contributed by atoms with E-state index in [1.807, 2.05) is 31.5 Å². The molecule has 0 saturated carbocycles. The molecule has 108 valence electrons. The van der Waals surface area contributed by atoms with Gasteiger partial charge in [-0.3, -0.25) is 10.5 Å². The third-order valence-electron chi connectivity index (χ3n) is 3.11. The average molecular weight is 341 g/mol. The van der Waals surface area contributed by atoms with Crippen molar-refractivity contribution in [3.63, 3.8) is 0 Å². The molecule has 0 bridgehead atoms. The van der Waals surface area contributed by atoms with Gasteiger partial charge in [-0.2, -0.15) is 5.10 Å². The SMILES string of the molecule is Cc1cc(F)cc(C(NN)c2c(Br)cnn2C(C)C)c1. The molecule has 0 fully saturated rings. The van der Waals surface area contributed by atoms with Gasteiger partial charge in [0.25, 0.3) is 0 Å². The van der Waals surface area contributed by atoms with Crippen LogP contribution in [0.1, 0.15) is 42.8 Å². The van der Waals surface area contributed by atoms with Crippen LogP contribution in [0.4, 0.5) is 4.39 Å². The molecule has 1 aromatic carbocycles. The first-order valence-corrected chi connectivity index (χ1v) is 7.19. The van der Waals surface area contributed by atoms with Crippen LogP contribution in [0.25, 0.3) is 0 Å². The fourth-order valence-corrected chi connectivity index (χ4v) is 2.80. The summed E-state index contributed by atoms with van der Waals surface area (Å²) in [6.07, 6.45) is 1.73. The van der Waals surface area contributed by atoms with Crippen LogP contribution in [0.2, 0.25) is 0 Å². The highest BCUT2D eigenvalue weighted by molar-refractivity contribution is 9.10. The van der Waals surface area contributed by atoms with Gasteiger partial charge in [0.15, 0.2) is 0 Å². The minimum atomic E-state index is -0.330. The molecule has 0 aliphatic carbocycles. The number of aromatic nitrogens is 2. The topological polar surface area (TPSA) is 55.9 Å². The van der Waals surface area contributed by atoms with Crippen LogP contribution < -0.4 is 11.3 Å². The Bertz CT molecular complexity index is 589. The molecule has 0 amide bonds. The Morgan fingerprint density at radius 1 is 1.35 bits per heavy atom. The molecular weight excluding hydrogens is 323 g/mol. The Balaban J connectivity index is 2.55. The van der Waals surface area contributed by atoms with Crippen LogP contribution in [0.5, 0.6) is 0 Å². The van der Waals surface area contributed by atoms with Gasteiger partial charge in [-0.15, -0.1) is 0 Å². The predicted octanol–water partition coefficient (Wildman–Crippen LogP) is 3.23. The van der Waals surface area contributed by atoms with E-state index in [1.54, 1.807) is 6.20 Å². The van der Waals surface area contributed by atoms with Crippen molar-refractivity contribution >= 4 is 15.9 Å². The molecule has 4 nitrogen and oxygen atoms in total. The average Bonchev–Trinajstić information content (AvgIpc) is 2.72. The van der Waals surface area contributed by atoms with E-state index in [-0.39, 0.29) is 17.9 Å². The molecule has 2 aromatic rings. The first-order valence-electron chi connectivity index (χ1n) is 6.40. The smallest absolute Gasteiger partial charge is 0.123 e. The van der Waals surface area contributed by atoms with Crippen molar-refractivity contribution in [1.82, 2.24) is 15.2 Å². The molecule has 20 heavy (non-hydrogen) atoms. The summed E-state index contributed by atoms with van der Waals surface area (Å²) < 4.78 is 16.3. The molecule has 0 aliphatic rings. The molecule has 0 aliphatic heterocycles. The number of nitrogens with zero attached hydrogens (tertiary/aromatic N) is 2. The Labute approximate surface area is 126 Å². The summed E-state index contributed by atoms with van der Waals surface area (Å²) in [7, 11) is 0. The maximum atomic E-state index is 13.6. The fourth-order valence-electron chi connectivity index (χ4n) is 2.30. The van der Waals surface area contributed by atoms with Gasteiger partial charge in [-0.25, -0.2) is 9.82 Å². The summed E-state index contributed by atoms with van der Waals surface area (Å²) in [5.41, 5.74) is 5.26. The molecule has 0 saturated heterocycles. The molecule has 1 unspecified atom stereocenters. The van der Waals surface area contributed by atoms with Crippen molar-refractivity contribution in [3.8, 4) is 0 Å². The van der Waals surface area contributed by atoms with E-state index in [2.05, 4.69) is 26.5 Å². The van der Waals surface area contributed by atoms with Gasteiger partial charge in [0.2, 0.25) is 0 Å². The summed E-state index contributed by atoms with van der Waals surface area (Å²) in [6, 6.07) is 4.75. The minimum absolute atomic E-state index is 0.182. The molecule has 0 spiro atoms. The summed E-state index contributed by atoms with van der Waals surface area (Å²) >= 11 is 3.49. The summed E-state index contributed by atoms with van der Waals surface area (Å²) in [6.45, 7) is 5.93. The monoisotopic (exact) mass is 340 g/mol. The van der Waals surface area contributed by atoms with E-state index < -0.39 is 0 Å². The first-order chi connectivity index (χ1) is 9.43. The lowest BCUT2D eigenvalue weighted by atomic mass is 10.0. The van der Waals surface area contributed by atoms with Crippen LogP contribution >= 0.6 is 15.9 Å². The van der Waals surface area contributed by atoms with Crippen LogP contribution in [0.3, 0.4) is 0 Å². The Hall–Kier alpha value is -1.24.